The number of rotatable bonds is 2. The molecule has 142 valence electrons. The molecule has 2 aromatic heterocycles. The van der Waals surface area contributed by atoms with Crippen LogP contribution in [-0.2, 0) is 4.79 Å². The van der Waals surface area contributed by atoms with Crippen LogP contribution in [0.3, 0.4) is 0 Å². The number of benzene rings is 1. The second kappa shape index (κ2) is 7.05. The molecule has 1 fully saturated rings. The zero-order valence-corrected chi connectivity index (χ0v) is 16.8. The van der Waals surface area contributed by atoms with Gasteiger partial charge < -0.3 is 9.64 Å². The Labute approximate surface area is 171 Å². The van der Waals surface area contributed by atoms with Crippen LogP contribution < -0.4 is 4.74 Å². The highest BCUT2D eigenvalue weighted by Crippen LogP contribution is 2.31. The van der Waals surface area contributed by atoms with Crippen LogP contribution in [0.4, 0.5) is 0 Å². The number of hydrogen-bond acceptors (Lipinski definition) is 4. The summed E-state index contributed by atoms with van der Waals surface area (Å²) in [5.74, 6) is 1.97. The third-order valence-electron chi connectivity index (χ3n) is 5.37. The van der Waals surface area contributed by atoms with Gasteiger partial charge in [-0.05, 0) is 49.2 Å². The van der Waals surface area contributed by atoms with Gasteiger partial charge in [0.2, 0.25) is 0 Å². The molecule has 0 spiro atoms. The van der Waals surface area contributed by atoms with Gasteiger partial charge in [-0.1, -0.05) is 22.0 Å². The highest BCUT2D eigenvalue weighted by atomic mass is 79.9. The number of fused-ring (bicyclic) bond motifs is 2. The molecule has 0 bridgehead atoms. The van der Waals surface area contributed by atoms with E-state index < -0.39 is 0 Å². The summed E-state index contributed by atoms with van der Waals surface area (Å²) >= 11 is 3.48. The van der Waals surface area contributed by atoms with E-state index >= 15 is 0 Å². The van der Waals surface area contributed by atoms with E-state index in [1.807, 2.05) is 58.0 Å². The Hall–Kier alpha value is -2.67. The summed E-state index contributed by atoms with van der Waals surface area (Å²) in [6, 6.07) is 11.7. The van der Waals surface area contributed by atoms with Gasteiger partial charge in [-0.15, -0.1) is 10.2 Å². The summed E-state index contributed by atoms with van der Waals surface area (Å²) < 4.78 is 8.79. The molecule has 2 aliphatic heterocycles. The first kappa shape index (κ1) is 17.4. The van der Waals surface area contributed by atoms with E-state index in [0.717, 1.165) is 46.6 Å². The second-order valence-electron chi connectivity index (χ2n) is 7.22. The maximum absolute atomic E-state index is 13.1. The summed E-state index contributed by atoms with van der Waals surface area (Å²) in [6.07, 6.45) is 5.89. The van der Waals surface area contributed by atoms with Crippen LogP contribution in [0, 0.1) is 0 Å². The number of hydrogen-bond donors (Lipinski definition) is 0. The number of halogens is 1. The molecule has 0 N–H and O–H groups in total. The number of ether oxygens (including phenoxy) is 1. The van der Waals surface area contributed by atoms with Gasteiger partial charge >= 0.3 is 0 Å². The molecule has 3 aromatic rings. The fraction of sp³-hybridized carbons (Fsp3) is 0.286. The van der Waals surface area contributed by atoms with Gasteiger partial charge in [0.25, 0.3) is 5.91 Å². The molecule has 1 atom stereocenters. The molecule has 7 heteroatoms. The van der Waals surface area contributed by atoms with Gasteiger partial charge in [0.1, 0.15) is 18.2 Å². The van der Waals surface area contributed by atoms with E-state index in [9.17, 15) is 4.79 Å². The molecule has 1 amide bonds. The summed E-state index contributed by atoms with van der Waals surface area (Å²) in [5.41, 5.74) is 2.46. The lowest BCUT2D eigenvalue weighted by Crippen LogP contribution is -2.41. The summed E-state index contributed by atoms with van der Waals surface area (Å²) in [6.45, 7) is 1.72. The molecule has 2 aliphatic rings. The zero-order chi connectivity index (χ0) is 19.1. The van der Waals surface area contributed by atoms with Crippen LogP contribution in [0.1, 0.15) is 30.1 Å². The maximum Gasteiger partial charge on any atom is 0.253 e. The Balaban J connectivity index is 1.39. The third-order valence-corrected chi connectivity index (χ3v) is 5.87. The lowest BCUT2D eigenvalue weighted by atomic mass is 9.96. The van der Waals surface area contributed by atoms with Crippen molar-refractivity contribution in [1.82, 2.24) is 19.5 Å². The molecule has 0 radical (unpaired) electrons. The molecule has 28 heavy (non-hydrogen) atoms. The molecular weight excluding hydrogens is 420 g/mol. The van der Waals surface area contributed by atoms with Gasteiger partial charge in [0, 0.05) is 35.2 Å². The fourth-order valence-electron chi connectivity index (χ4n) is 3.99. The predicted octanol–water partition coefficient (Wildman–Crippen LogP) is 3.67. The number of aromatic nitrogens is 3. The molecule has 0 aliphatic carbocycles. The van der Waals surface area contributed by atoms with E-state index in [1.165, 1.54) is 0 Å². The quantitative estimate of drug-likeness (QED) is 0.612. The van der Waals surface area contributed by atoms with E-state index in [-0.39, 0.29) is 11.8 Å². The molecular formula is C21H19BrN4O2. The Morgan fingerprint density at radius 1 is 1.21 bits per heavy atom. The van der Waals surface area contributed by atoms with Crippen LogP contribution in [0.5, 0.6) is 5.75 Å². The Bertz CT molecular complexity index is 1090. The molecule has 4 heterocycles. The minimum Gasteiger partial charge on any atom is -0.488 e. The maximum atomic E-state index is 13.1. The number of amides is 1. The number of pyridine rings is 1. The first-order chi connectivity index (χ1) is 13.7. The van der Waals surface area contributed by atoms with Crippen molar-refractivity contribution in [3.63, 3.8) is 0 Å². The zero-order valence-electron chi connectivity index (χ0n) is 15.2. The Morgan fingerprint density at radius 2 is 2.14 bits per heavy atom. The molecule has 0 saturated carbocycles. The fourth-order valence-corrected chi connectivity index (χ4v) is 4.36. The Morgan fingerprint density at radius 3 is 3.07 bits per heavy atom. The first-order valence-electron chi connectivity index (χ1n) is 9.41. The SMILES string of the molecule is O=C(C1=Cc2cc(Br)ccc2OC1)N1CCC[C@H](c2nnc3ccccn23)C1. The number of piperidine rings is 1. The van der Waals surface area contributed by atoms with Crippen molar-refractivity contribution < 1.29 is 9.53 Å². The lowest BCUT2D eigenvalue weighted by molar-refractivity contribution is -0.128. The number of carbonyl (C=O) groups is 1. The Kier molecular flexibility index (Phi) is 4.39. The van der Waals surface area contributed by atoms with Crippen LogP contribution >= 0.6 is 15.9 Å². The molecule has 0 unspecified atom stereocenters. The van der Waals surface area contributed by atoms with E-state index in [4.69, 9.17) is 4.74 Å². The van der Waals surface area contributed by atoms with Crippen molar-refractivity contribution >= 4 is 33.6 Å². The van der Waals surface area contributed by atoms with Gasteiger partial charge in [0.05, 0.1) is 5.57 Å². The van der Waals surface area contributed by atoms with E-state index in [0.29, 0.717) is 18.7 Å². The van der Waals surface area contributed by atoms with Crippen molar-refractivity contribution in [3.8, 4) is 5.75 Å². The number of likely N-dealkylation sites (tertiary alicyclic amines) is 1. The second-order valence-corrected chi connectivity index (χ2v) is 8.13. The van der Waals surface area contributed by atoms with Crippen LogP contribution in [-0.4, -0.2) is 45.1 Å². The molecule has 6 nitrogen and oxygen atoms in total. The van der Waals surface area contributed by atoms with Crippen molar-refractivity contribution in [2.45, 2.75) is 18.8 Å². The highest BCUT2D eigenvalue weighted by Gasteiger charge is 2.30. The van der Waals surface area contributed by atoms with Crippen molar-refractivity contribution in [2.75, 3.05) is 19.7 Å². The summed E-state index contributed by atoms with van der Waals surface area (Å²) in [7, 11) is 0. The van der Waals surface area contributed by atoms with Crippen LogP contribution in [0.25, 0.3) is 11.7 Å². The largest absolute Gasteiger partial charge is 0.488 e. The lowest BCUT2D eigenvalue weighted by Gasteiger charge is -2.33. The first-order valence-corrected chi connectivity index (χ1v) is 10.2. The summed E-state index contributed by atoms with van der Waals surface area (Å²) in [4.78, 5) is 15.1. The smallest absolute Gasteiger partial charge is 0.253 e. The van der Waals surface area contributed by atoms with E-state index in [1.54, 1.807) is 0 Å². The van der Waals surface area contributed by atoms with Gasteiger partial charge in [0.15, 0.2) is 5.65 Å². The number of nitrogens with zero attached hydrogens (tertiary/aromatic N) is 4. The van der Waals surface area contributed by atoms with Crippen molar-refractivity contribution in [3.05, 3.63) is 64.0 Å². The minimum atomic E-state index is 0.0455. The average molecular weight is 439 g/mol. The summed E-state index contributed by atoms with van der Waals surface area (Å²) in [5, 5.41) is 8.66. The molecule has 1 saturated heterocycles. The standard InChI is InChI=1S/C21H19BrN4O2/c22-17-6-7-18-15(11-17)10-16(13-28-18)21(27)25-8-3-4-14(12-25)20-24-23-19-5-1-2-9-26(19)20/h1-2,5-7,9-11,14H,3-4,8,12-13H2/t14-/m0/s1. The number of carbonyl (C=O) groups excluding carboxylic acids is 1. The van der Waals surface area contributed by atoms with Crippen molar-refractivity contribution in [2.24, 2.45) is 0 Å². The van der Waals surface area contributed by atoms with Crippen molar-refractivity contribution in [1.29, 1.82) is 0 Å². The molecule has 5 rings (SSSR count). The third kappa shape index (κ3) is 3.09. The minimum absolute atomic E-state index is 0.0455. The topological polar surface area (TPSA) is 59.7 Å². The van der Waals surface area contributed by atoms with Crippen LogP contribution in [0.15, 0.2) is 52.6 Å². The molecule has 1 aromatic carbocycles. The van der Waals surface area contributed by atoms with E-state index in [2.05, 4.69) is 26.1 Å². The highest BCUT2D eigenvalue weighted by molar-refractivity contribution is 9.10. The van der Waals surface area contributed by atoms with Gasteiger partial charge in [-0.2, -0.15) is 0 Å². The van der Waals surface area contributed by atoms with Gasteiger partial charge in [-0.3, -0.25) is 9.20 Å². The van der Waals surface area contributed by atoms with Crippen LogP contribution in [0.2, 0.25) is 0 Å². The average Bonchev–Trinajstić information content (AvgIpc) is 3.17. The normalized spacial score (nSPS) is 19.1. The van der Waals surface area contributed by atoms with Gasteiger partial charge in [-0.25, -0.2) is 0 Å². The monoisotopic (exact) mass is 438 g/mol. The predicted molar refractivity (Wildman–Crippen MR) is 109 cm³/mol.